The fourth-order valence-corrected chi connectivity index (χ4v) is 4.77. The molecule has 3 heterocycles. The molecule has 1 N–H and O–H groups in total. The molecule has 0 radical (unpaired) electrons. The van der Waals surface area contributed by atoms with Crippen LogP contribution >= 0.6 is 11.6 Å². The van der Waals surface area contributed by atoms with Crippen molar-refractivity contribution in [2.45, 2.75) is 58.2 Å². The Hall–Kier alpha value is -2.79. The van der Waals surface area contributed by atoms with Gasteiger partial charge in [0.15, 0.2) is 5.69 Å². The number of aromatic nitrogens is 2. The number of benzene rings is 1. The molecule has 1 fully saturated rings. The molecule has 2 amide bonds. The zero-order chi connectivity index (χ0) is 25.3. The van der Waals surface area contributed by atoms with Crippen LogP contribution in [0.2, 0.25) is 5.02 Å². The summed E-state index contributed by atoms with van der Waals surface area (Å²) in [5, 5.41) is 7.77. The van der Waals surface area contributed by atoms with Crippen molar-refractivity contribution in [3.8, 4) is 0 Å². The number of rotatable bonds is 3. The maximum atomic E-state index is 13.0. The fraction of sp³-hybridized carbons (Fsp3) is 0.522. The van der Waals surface area contributed by atoms with Crippen molar-refractivity contribution in [1.29, 1.82) is 0 Å². The predicted octanol–water partition coefficient (Wildman–Crippen LogP) is 3.92. The van der Waals surface area contributed by atoms with E-state index in [1.165, 1.54) is 11.0 Å². The number of amides is 2. The quantitative estimate of drug-likeness (QED) is 0.673. The fourth-order valence-electron chi connectivity index (χ4n) is 4.51. The van der Waals surface area contributed by atoms with E-state index < -0.39 is 17.8 Å². The Morgan fingerprint density at radius 3 is 2.51 bits per heavy atom. The number of piperazine rings is 1. The first kappa shape index (κ1) is 25.3. The number of alkyl halides is 3. The summed E-state index contributed by atoms with van der Waals surface area (Å²) in [6, 6.07) is 5.12. The summed E-state index contributed by atoms with van der Waals surface area (Å²) in [4.78, 5) is 29.0. The van der Waals surface area contributed by atoms with E-state index in [2.05, 4.69) is 10.4 Å². The standard InChI is InChI=1S/C23H27ClF3N5O3/c1-14-10-31(11-15(2)28-14)21(33)20-9-19-12-30(4-3-5-32(19)29-20)22(34)35-13-16-6-17(23(25,26)27)8-18(24)7-16/h6-9,14-15,28H,3-5,10-13H2,1-2H3. The van der Waals surface area contributed by atoms with Gasteiger partial charge in [-0.3, -0.25) is 9.48 Å². The number of fused-ring (bicyclic) bond motifs is 1. The van der Waals surface area contributed by atoms with Gasteiger partial charge in [0.05, 0.1) is 17.8 Å². The van der Waals surface area contributed by atoms with E-state index >= 15 is 0 Å². The first-order valence-corrected chi connectivity index (χ1v) is 11.8. The Morgan fingerprint density at radius 2 is 1.83 bits per heavy atom. The first-order valence-electron chi connectivity index (χ1n) is 11.4. The third-order valence-corrected chi connectivity index (χ3v) is 6.20. The number of carbonyl (C=O) groups is 2. The highest BCUT2D eigenvalue weighted by Gasteiger charge is 2.32. The van der Waals surface area contributed by atoms with E-state index in [-0.39, 0.29) is 41.7 Å². The lowest BCUT2D eigenvalue weighted by atomic mass is 10.1. The van der Waals surface area contributed by atoms with Gasteiger partial charge in [-0.15, -0.1) is 0 Å². The maximum Gasteiger partial charge on any atom is 0.416 e. The molecule has 2 unspecified atom stereocenters. The second-order valence-corrected chi connectivity index (χ2v) is 9.53. The summed E-state index contributed by atoms with van der Waals surface area (Å²) in [5.41, 5.74) is 0.266. The number of ether oxygens (including phenoxy) is 1. The van der Waals surface area contributed by atoms with Gasteiger partial charge in [-0.25, -0.2) is 4.79 Å². The van der Waals surface area contributed by atoms with Crippen molar-refractivity contribution in [3.05, 3.63) is 51.8 Å². The van der Waals surface area contributed by atoms with Crippen LogP contribution in [0.15, 0.2) is 24.3 Å². The average Bonchev–Trinajstić information content (AvgIpc) is 3.06. The molecule has 0 spiro atoms. The summed E-state index contributed by atoms with van der Waals surface area (Å²) in [5.74, 6) is -0.152. The number of hydrogen-bond acceptors (Lipinski definition) is 5. The second-order valence-electron chi connectivity index (χ2n) is 9.10. The third kappa shape index (κ3) is 6.07. The highest BCUT2D eigenvalue weighted by molar-refractivity contribution is 6.30. The van der Waals surface area contributed by atoms with Gasteiger partial charge in [0, 0.05) is 43.3 Å². The van der Waals surface area contributed by atoms with Gasteiger partial charge >= 0.3 is 12.3 Å². The zero-order valence-corrected chi connectivity index (χ0v) is 20.2. The van der Waals surface area contributed by atoms with Gasteiger partial charge in [-0.1, -0.05) is 11.6 Å². The minimum absolute atomic E-state index is 0.0879. The molecule has 0 saturated carbocycles. The van der Waals surface area contributed by atoms with Crippen LogP contribution in [0, 0.1) is 0 Å². The number of carbonyl (C=O) groups excluding carboxylic acids is 2. The summed E-state index contributed by atoms with van der Waals surface area (Å²) < 4.78 is 46.1. The van der Waals surface area contributed by atoms with Crippen molar-refractivity contribution in [2.75, 3.05) is 19.6 Å². The Morgan fingerprint density at radius 1 is 1.11 bits per heavy atom. The number of aryl methyl sites for hydroxylation is 1. The molecule has 1 aromatic carbocycles. The van der Waals surface area contributed by atoms with E-state index in [9.17, 15) is 22.8 Å². The summed E-state index contributed by atoms with van der Waals surface area (Å²) in [7, 11) is 0. The molecule has 12 heteroatoms. The molecule has 1 aromatic heterocycles. The van der Waals surface area contributed by atoms with E-state index in [1.807, 2.05) is 13.8 Å². The molecule has 8 nitrogen and oxygen atoms in total. The number of nitrogens with one attached hydrogen (secondary N) is 1. The highest BCUT2D eigenvalue weighted by Crippen LogP contribution is 2.32. The van der Waals surface area contributed by atoms with Gasteiger partial charge < -0.3 is 19.9 Å². The van der Waals surface area contributed by atoms with Crippen LogP contribution in [-0.2, 0) is 30.6 Å². The topological polar surface area (TPSA) is 79.7 Å². The van der Waals surface area contributed by atoms with E-state index in [4.69, 9.17) is 16.3 Å². The summed E-state index contributed by atoms with van der Waals surface area (Å²) in [6.07, 6.45) is -4.62. The molecule has 4 rings (SSSR count). The Bertz CT molecular complexity index is 1100. The molecule has 2 atom stereocenters. The summed E-state index contributed by atoms with van der Waals surface area (Å²) >= 11 is 5.80. The van der Waals surface area contributed by atoms with E-state index in [1.54, 1.807) is 15.6 Å². The molecule has 190 valence electrons. The Labute approximate surface area is 205 Å². The number of halogens is 4. The minimum atomic E-state index is -4.55. The van der Waals surface area contributed by atoms with E-state index in [0.29, 0.717) is 44.0 Å². The maximum absolute atomic E-state index is 13.0. The van der Waals surface area contributed by atoms with Crippen LogP contribution in [0.1, 0.15) is 47.6 Å². The molecule has 1 saturated heterocycles. The van der Waals surface area contributed by atoms with Crippen LogP contribution < -0.4 is 5.32 Å². The van der Waals surface area contributed by atoms with Gasteiger partial charge in [-0.2, -0.15) is 18.3 Å². The lowest BCUT2D eigenvalue weighted by Crippen LogP contribution is -2.55. The monoisotopic (exact) mass is 513 g/mol. The molecular weight excluding hydrogens is 487 g/mol. The average molecular weight is 514 g/mol. The molecule has 0 aliphatic carbocycles. The van der Waals surface area contributed by atoms with Crippen molar-refractivity contribution >= 4 is 23.6 Å². The van der Waals surface area contributed by atoms with Crippen molar-refractivity contribution in [1.82, 2.24) is 24.9 Å². The minimum Gasteiger partial charge on any atom is -0.445 e. The zero-order valence-electron chi connectivity index (χ0n) is 19.4. The third-order valence-electron chi connectivity index (χ3n) is 5.98. The van der Waals surface area contributed by atoms with Crippen molar-refractivity contribution < 1.29 is 27.5 Å². The van der Waals surface area contributed by atoms with E-state index in [0.717, 1.165) is 12.1 Å². The Kier molecular flexibility index (Phi) is 7.27. The second kappa shape index (κ2) is 10.1. The smallest absolute Gasteiger partial charge is 0.416 e. The van der Waals surface area contributed by atoms with Gasteiger partial charge in [-0.05, 0) is 50.1 Å². The van der Waals surface area contributed by atoms with Gasteiger partial charge in [0.1, 0.15) is 6.61 Å². The molecule has 2 aliphatic rings. The van der Waals surface area contributed by atoms with Gasteiger partial charge in [0.25, 0.3) is 5.91 Å². The van der Waals surface area contributed by atoms with Gasteiger partial charge in [0.2, 0.25) is 0 Å². The molecule has 35 heavy (non-hydrogen) atoms. The van der Waals surface area contributed by atoms with Crippen LogP contribution in [0.5, 0.6) is 0 Å². The van der Waals surface area contributed by atoms with Crippen molar-refractivity contribution in [2.24, 2.45) is 0 Å². The lowest BCUT2D eigenvalue weighted by Gasteiger charge is -2.35. The van der Waals surface area contributed by atoms with Crippen molar-refractivity contribution in [3.63, 3.8) is 0 Å². The SMILES string of the molecule is CC1CN(C(=O)c2cc3n(n2)CCCN(C(=O)OCc2cc(Cl)cc(C(F)(F)F)c2)C3)CC(C)N1. The summed E-state index contributed by atoms with van der Waals surface area (Å²) in [6.45, 7) is 5.97. The molecule has 2 aliphatic heterocycles. The molecular formula is C23H27ClF3N5O3. The molecule has 2 aromatic rings. The van der Waals surface area contributed by atoms with Crippen LogP contribution in [-0.4, -0.2) is 63.3 Å². The first-order chi connectivity index (χ1) is 16.5. The Balaban J connectivity index is 1.41. The normalized spacial score (nSPS) is 20.9. The highest BCUT2D eigenvalue weighted by atomic mass is 35.5. The molecule has 0 bridgehead atoms. The van der Waals surface area contributed by atoms with Crippen LogP contribution in [0.25, 0.3) is 0 Å². The number of hydrogen-bond donors (Lipinski definition) is 1. The lowest BCUT2D eigenvalue weighted by molar-refractivity contribution is -0.137. The van der Waals surface area contributed by atoms with Crippen LogP contribution in [0.3, 0.4) is 0 Å². The largest absolute Gasteiger partial charge is 0.445 e. The number of nitrogens with zero attached hydrogens (tertiary/aromatic N) is 4. The van der Waals surface area contributed by atoms with Crippen LogP contribution in [0.4, 0.5) is 18.0 Å². The predicted molar refractivity (Wildman–Crippen MR) is 122 cm³/mol.